The van der Waals surface area contributed by atoms with Crippen molar-refractivity contribution in [3.63, 3.8) is 0 Å². The third-order valence-corrected chi connectivity index (χ3v) is 2.70. The summed E-state index contributed by atoms with van der Waals surface area (Å²) in [6.07, 6.45) is 0. The van der Waals surface area contributed by atoms with Crippen molar-refractivity contribution < 1.29 is 17.9 Å². The lowest BCUT2D eigenvalue weighted by Gasteiger charge is -2.07. The van der Waals surface area contributed by atoms with Crippen molar-refractivity contribution in [2.45, 2.75) is 4.90 Å². The minimum atomic E-state index is -3.87. The second kappa shape index (κ2) is 3.87. The molecule has 82 valence electrons. The lowest BCUT2D eigenvalue weighted by Crippen LogP contribution is -2.15. The standard InChI is InChI=1S/C8H10N2O4S/c1-14-6-4-5(8(9)11)2-3-7(6)15(10,12)13/h2-4H,1H3,(H2,9,11)(H2,10,12,13). The van der Waals surface area contributed by atoms with Crippen molar-refractivity contribution in [1.29, 1.82) is 0 Å². The van der Waals surface area contributed by atoms with Gasteiger partial charge in [-0.25, -0.2) is 13.6 Å². The van der Waals surface area contributed by atoms with Crippen LogP contribution in [-0.2, 0) is 10.0 Å². The average Bonchev–Trinajstić information content (AvgIpc) is 2.15. The van der Waals surface area contributed by atoms with Crippen LogP contribution in [0.5, 0.6) is 5.75 Å². The van der Waals surface area contributed by atoms with Gasteiger partial charge in [0, 0.05) is 5.56 Å². The maximum absolute atomic E-state index is 11.1. The average molecular weight is 230 g/mol. The molecule has 15 heavy (non-hydrogen) atoms. The van der Waals surface area contributed by atoms with E-state index in [0.29, 0.717) is 0 Å². The largest absolute Gasteiger partial charge is 0.495 e. The summed E-state index contributed by atoms with van der Waals surface area (Å²) in [5, 5.41) is 4.94. The number of carbonyl (C=O) groups is 1. The van der Waals surface area contributed by atoms with Crippen LogP contribution in [-0.4, -0.2) is 21.4 Å². The van der Waals surface area contributed by atoms with Gasteiger partial charge in [0.05, 0.1) is 7.11 Å². The number of amides is 1. The molecule has 0 aliphatic carbocycles. The highest BCUT2D eigenvalue weighted by Gasteiger charge is 2.16. The molecule has 0 aliphatic rings. The van der Waals surface area contributed by atoms with Crippen molar-refractivity contribution >= 4 is 15.9 Å². The topological polar surface area (TPSA) is 112 Å². The minimum absolute atomic E-state index is 0.00574. The lowest BCUT2D eigenvalue weighted by molar-refractivity contribution is 0.1000. The molecule has 0 radical (unpaired) electrons. The monoisotopic (exact) mass is 230 g/mol. The van der Waals surface area contributed by atoms with Gasteiger partial charge in [0.15, 0.2) is 0 Å². The Kier molecular flexibility index (Phi) is 2.96. The summed E-state index contributed by atoms with van der Waals surface area (Å²) in [5.41, 5.74) is 5.17. The summed E-state index contributed by atoms with van der Waals surface area (Å²) >= 11 is 0. The number of primary amides is 1. The van der Waals surface area contributed by atoms with E-state index in [9.17, 15) is 13.2 Å². The highest BCUT2D eigenvalue weighted by molar-refractivity contribution is 7.89. The molecule has 0 saturated carbocycles. The Balaban J connectivity index is 3.40. The lowest BCUT2D eigenvalue weighted by atomic mass is 10.2. The van der Waals surface area contributed by atoms with E-state index in [1.165, 1.54) is 25.3 Å². The molecule has 0 fully saturated rings. The van der Waals surface area contributed by atoms with Crippen LogP contribution in [0.4, 0.5) is 0 Å². The van der Waals surface area contributed by atoms with Crippen LogP contribution >= 0.6 is 0 Å². The number of ether oxygens (including phenoxy) is 1. The highest BCUT2D eigenvalue weighted by Crippen LogP contribution is 2.23. The van der Waals surface area contributed by atoms with Gasteiger partial charge in [-0.05, 0) is 18.2 Å². The third kappa shape index (κ3) is 2.45. The Morgan fingerprint density at radius 1 is 1.40 bits per heavy atom. The maximum Gasteiger partial charge on any atom is 0.248 e. The Morgan fingerprint density at radius 3 is 2.40 bits per heavy atom. The summed E-state index contributed by atoms with van der Waals surface area (Å²) in [6, 6.07) is 3.67. The number of hydrogen-bond acceptors (Lipinski definition) is 4. The Labute approximate surface area is 86.9 Å². The zero-order chi connectivity index (χ0) is 11.6. The number of carbonyl (C=O) groups excluding carboxylic acids is 1. The van der Waals surface area contributed by atoms with Crippen LogP contribution < -0.4 is 15.6 Å². The number of rotatable bonds is 3. The molecule has 0 atom stereocenters. The highest BCUT2D eigenvalue weighted by atomic mass is 32.2. The first-order valence-corrected chi connectivity index (χ1v) is 5.41. The molecule has 4 N–H and O–H groups in total. The molecule has 0 bridgehead atoms. The first-order valence-electron chi connectivity index (χ1n) is 3.87. The number of nitrogens with two attached hydrogens (primary N) is 2. The molecule has 7 heteroatoms. The van der Waals surface area contributed by atoms with Crippen LogP contribution in [0, 0.1) is 0 Å². The third-order valence-electron chi connectivity index (χ3n) is 1.75. The molecular weight excluding hydrogens is 220 g/mol. The van der Waals surface area contributed by atoms with E-state index in [1.54, 1.807) is 0 Å². The maximum atomic E-state index is 11.1. The fraction of sp³-hybridized carbons (Fsp3) is 0.125. The molecule has 0 unspecified atom stereocenters. The number of methoxy groups -OCH3 is 1. The molecular formula is C8H10N2O4S. The van der Waals surface area contributed by atoms with E-state index in [0.717, 1.165) is 0 Å². The molecule has 0 saturated heterocycles. The van der Waals surface area contributed by atoms with Gasteiger partial charge in [0.25, 0.3) is 0 Å². The van der Waals surface area contributed by atoms with Crippen LogP contribution in [0.1, 0.15) is 10.4 Å². The van der Waals surface area contributed by atoms with Gasteiger partial charge in [-0.3, -0.25) is 4.79 Å². The molecule has 1 rings (SSSR count). The van der Waals surface area contributed by atoms with Crippen molar-refractivity contribution in [2.75, 3.05) is 7.11 Å². The first kappa shape index (κ1) is 11.5. The molecule has 1 aromatic rings. The number of sulfonamides is 1. The molecule has 0 aliphatic heterocycles. The Morgan fingerprint density at radius 2 is 2.00 bits per heavy atom. The van der Waals surface area contributed by atoms with E-state index in [4.69, 9.17) is 15.6 Å². The van der Waals surface area contributed by atoms with Crippen molar-refractivity contribution in [3.8, 4) is 5.75 Å². The van der Waals surface area contributed by atoms with Gasteiger partial charge >= 0.3 is 0 Å². The molecule has 1 amide bonds. The molecule has 6 nitrogen and oxygen atoms in total. The van der Waals surface area contributed by atoms with Gasteiger partial charge in [0.1, 0.15) is 10.6 Å². The second-order valence-electron chi connectivity index (χ2n) is 2.77. The van der Waals surface area contributed by atoms with Crippen LogP contribution in [0.15, 0.2) is 23.1 Å². The fourth-order valence-corrected chi connectivity index (χ4v) is 1.74. The van der Waals surface area contributed by atoms with Gasteiger partial charge in [-0.2, -0.15) is 0 Å². The van der Waals surface area contributed by atoms with E-state index in [1.807, 2.05) is 0 Å². The van der Waals surface area contributed by atoms with Gasteiger partial charge < -0.3 is 10.5 Å². The second-order valence-corrected chi connectivity index (χ2v) is 4.30. The van der Waals surface area contributed by atoms with E-state index in [2.05, 4.69) is 0 Å². The summed E-state index contributed by atoms with van der Waals surface area (Å²) in [6.45, 7) is 0. The van der Waals surface area contributed by atoms with Crippen molar-refractivity contribution in [3.05, 3.63) is 23.8 Å². The number of benzene rings is 1. The Bertz CT molecular complexity index is 495. The Hall–Kier alpha value is -1.60. The van der Waals surface area contributed by atoms with E-state index in [-0.39, 0.29) is 16.2 Å². The van der Waals surface area contributed by atoms with Gasteiger partial charge in [-0.15, -0.1) is 0 Å². The zero-order valence-corrected chi connectivity index (χ0v) is 8.74. The fourth-order valence-electron chi connectivity index (χ4n) is 1.06. The molecule has 1 aromatic carbocycles. The number of hydrogen-bond donors (Lipinski definition) is 2. The SMILES string of the molecule is COc1cc(C(N)=O)ccc1S(N)(=O)=O. The summed E-state index contributed by atoms with van der Waals surface area (Å²) in [7, 11) is -2.59. The smallest absolute Gasteiger partial charge is 0.248 e. The van der Waals surface area contributed by atoms with Crippen molar-refractivity contribution in [1.82, 2.24) is 0 Å². The summed E-state index contributed by atoms with van der Waals surface area (Å²) < 4.78 is 26.9. The van der Waals surface area contributed by atoms with Crippen LogP contribution in [0.3, 0.4) is 0 Å². The molecule has 0 aromatic heterocycles. The van der Waals surface area contributed by atoms with E-state index < -0.39 is 15.9 Å². The minimum Gasteiger partial charge on any atom is -0.495 e. The first-order chi connectivity index (χ1) is 6.86. The quantitative estimate of drug-likeness (QED) is 0.724. The van der Waals surface area contributed by atoms with E-state index >= 15 is 0 Å². The number of primary sulfonamides is 1. The van der Waals surface area contributed by atoms with Crippen LogP contribution in [0.2, 0.25) is 0 Å². The normalized spacial score (nSPS) is 11.1. The van der Waals surface area contributed by atoms with Crippen LogP contribution in [0.25, 0.3) is 0 Å². The predicted octanol–water partition coefficient (Wildman–Crippen LogP) is -0.558. The summed E-state index contributed by atoms with van der Waals surface area (Å²) in [4.78, 5) is 10.6. The predicted molar refractivity (Wildman–Crippen MR) is 52.9 cm³/mol. The van der Waals surface area contributed by atoms with Gasteiger partial charge in [0.2, 0.25) is 15.9 Å². The van der Waals surface area contributed by atoms with Crippen molar-refractivity contribution in [2.24, 2.45) is 10.9 Å². The summed E-state index contributed by atoms with van der Waals surface area (Å²) in [5.74, 6) is -0.678. The molecule has 0 heterocycles. The molecule has 0 spiro atoms. The van der Waals surface area contributed by atoms with Gasteiger partial charge in [-0.1, -0.05) is 0 Å². The zero-order valence-electron chi connectivity index (χ0n) is 7.93.